The van der Waals surface area contributed by atoms with Crippen molar-refractivity contribution in [2.24, 2.45) is 0 Å². The topological polar surface area (TPSA) is 43.4 Å². The summed E-state index contributed by atoms with van der Waals surface area (Å²) in [5, 5.41) is 0. The van der Waals surface area contributed by atoms with Crippen LogP contribution in [0.25, 0.3) is 0 Å². The summed E-state index contributed by atoms with van der Waals surface area (Å²) in [4.78, 5) is 21.1. The molecule has 10 heavy (non-hydrogen) atoms. The zero-order valence-corrected chi connectivity index (χ0v) is 7.14. The molecule has 3 nitrogen and oxygen atoms in total. The van der Waals surface area contributed by atoms with E-state index in [1.54, 1.807) is 6.92 Å². The standard InChI is InChI=1S/C6H11O3P/c1-3-6(8)10-4-5(7)9-2/h10H,3-4H2,1-2H3. The van der Waals surface area contributed by atoms with Gasteiger partial charge in [-0.15, -0.1) is 0 Å². The van der Waals surface area contributed by atoms with Gasteiger partial charge in [0.15, 0.2) is 5.52 Å². The lowest BCUT2D eigenvalue weighted by Gasteiger charge is -1.95. The van der Waals surface area contributed by atoms with Crippen LogP contribution in [0.2, 0.25) is 0 Å². The van der Waals surface area contributed by atoms with Gasteiger partial charge in [-0.2, -0.15) is 0 Å². The summed E-state index contributed by atoms with van der Waals surface area (Å²) in [6, 6.07) is 0. The van der Waals surface area contributed by atoms with Crippen LogP contribution < -0.4 is 0 Å². The molecule has 0 bridgehead atoms. The lowest BCUT2D eigenvalue weighted by Crippen LogP contribution is -2.03. The molecule has 0 aromatic rings. The first-order valence-corrected chi connectivity index (χ1v) is 4.25. The molecule has 4 heteroatoms. The summed E-state index contributed by atoms with van der Waals surface area (Å²) < 4.78 is 4.36. The van der Waals surface area contributed by atoms with Gasteiger partial charge >= 0.3 is 5.97 Å². The molecule has 0 amide bonds. The summed E-state index contributed by atoms with van der Waals surface area (Å²) in [5.74, 6) is -0.305. The number of hydrogen-bond donors (Lipinski definition) is 0. The third-order valence-corrected chi connectivity index (χ3v) is 2.19. The van der Waals surface area contributed by atoms with E-state index >= 15 is 0 Å². The minimum absolute atomic E-state index is 0.0797. The van der Waals surface area contributed by atoms with Crippen LogP contribution >= 0.6 is 8.58 Å². The molecule has 0 radical (unpaired) electrons. The molecule has 0 N–H and O–H groups in total. The minimum atomic E-state index is -0.305. The van der Waals surface area contributed by atoms with Crippen molar-refractivity contribution in [3.63, 3.8) is 0 Å². The smallest absolute Gasteiger partial charge is 0.310 e. The van der Waals surface area contributed by atoms with Crippen molar-refractivity contribution in [3.05, 3.63) is 0 Å². The predicted molar refractivity (Wildman–Crippen MR) is 40.5 cm³/mol. The Balaban J connectivity index is 3.35. The maximum absolute atomic E-state index is 10.6. The predicted octanol–water partition coefficient (Wildman–Crippen LogP) is 0.774. The van der Waals surface area contributed by atoms with Crippen molar-refractivity contribution in [1.82, 2.24) is 0 Å². The third-order valence-electron chi connectivity index (χ3n) is 0.979. The highest BCUT2D eigenvalue weighted by Gasteiger charge is 2.03. The SMILES string of the molecule is CCC(=O)PCC(=O)OC. The summed E-state index contributed by atoms with van der Waals surface area (Å²) in [6.07, 6.45) is 0.749. The highest BCUT2D eigenvalue weighted by molar-refractivity contribution is 7.58. The molecule has 0 aliphatic heterocycles. The lowest BCUT2D eigenvalue weighted by molar-refractivity contribution is -0.137. The van der Waals surface area contributed by atoms with E-state index in [1.807, 2.05) is 0 Å². The van der Waals surface area contributed by atoms with Crippen molar-refractivity contribution < 1.29 is 14.3 Å². The summed E-state index contributed by atoms with van der Waals surface area (Å²) in [7, 11) is 1.40. The average molecular weight is 162 g/mol. The minimum Gasteiger partial charge on any atom is -0.469 e. The monoisotopic (exact) mass is 162 g/mol. The Kier molecular flexibility index (Phi) is 5.13. The largest absolute Gasteiger partial charge is 0.469 e. The Morgan fingerprint density at radius 1 is 1.50 bits per heavy atom. The normalized spacial score (nSPS) is 10.2. The fourth-order valence-electron chi connectivity index (χ4n) is 0.368. The van der Waals surface area contributed by atoms with Crippen LogP contribution in [-0.2, 0) is 14.3 Å². The van der Waals surface area contributed by atoms with Crippen molar-refractivity contribution in [2.45, 2.75) is 13.3 Å². The molecule has 0 aromatic heterocycles. The molecule has 1 unspecified atom stereocenters. The maximum atomic E-state index is 10.6. The van der Waals surface area contributed by atoms with Gasteiger partial charge in [0, 0.05) is 6.42 Å². The van der Waals surface area contributed by atoms with E-state index in [0.717, 1.165) is 0 Å². The number of methoxy groups -OCH3 is 1. The Morgan fingerprint density at radius 3 is 2.50 bits per heavy atom. The van der Waals surface area contributed by atoms with Gasteiger partial charge in [0.2, 0.25) is 0 Å². The zero-order valence-electron chi connectivity index (χ0n) is 6.14. The molecule has 0 saturated carbocycles. The van der Waals surface area contributed by atoms with E-state index in [4.69, 9.17) is 0 Å². The van der Waals surface area contributed by atoms with Gasteiger partial charge < -0.3 is 4.74 Å². The molecular weight excluding hydrogens is 151 g/mol. The van der Waals surface area contributed by atoms with Gasteiger partial charge in [0.25, 0.3) is 0 Å². The second-order valence-electron chi connectivity index (χ2n) is 1.71. The van der Waals surface area contributed by atoms with Gasteiger partial charge in [-0.1, -0.05) is 6.92 Å². The Bertz CT molecular complexity index is 117. The molecule has 0 saturated heterocycles. The van der Waals surface area contributed by atoms with E-state index in [-0.39, 0.29) is 26.2 Å². The number of rotatable bonds is 4. The lowest BCUT2D eigenvalue weighted by atomic mass is 10.6. The second kappa shape index (κ2) is 5.36. The summed E-state index contributed by atoms with van der Waals surface area (Å²) >= 11 is 0. The number of hydrogen-bond acceptors (Lipinski definition) is 3. The molecule has 1 atom stereocenters. The van der Waals surface area contributed by atoms with E-state index < -0.39 is 0 Å². The van der Waals surface area contributed by atoms with Crippen molar-refractivity contribution in [1.29, 1.82) is 0 Å². The molecule has 0 rings (SSSR count). The van der Waals surface area contributed by atoms with Gasteiger partial charge in [0.05, 0.1) is 13.3 Å². The van der Waals surface area contributed by atoms with Crippen molar-refractivity contribution in [2.75, 3.05) is 13.3 Å². The van der Waals surface area contributed by atoms with Crippen LogP contribution in [0.3, 0.4) is 0 Å². The fraction of sp³-hybridized carbons (Fsp3) is 0.667. The van der Waals surface area contributed by atoms with E-state index in [1.165, 1.54) is 7.11 Å². The summed E-state index contributed by atoms with van der Waals surface area (Å²) in [6.45, 7) is 1.78. The van der Waals surface area contributed by atoms with Crippen molar-refractivity contribution in [3.8, 4) is 0 Å². The summed E-state index contributed by atoms with van der Waals surface area (Å²) in [5.41, 5.74) is 0.130. The quantitative estimate of drug-likeness (QED) is 0.453. The van der Waals surface area contributed by atoms with E-state index in [2.05, 4.69) is 4.74 Å². The Hall–Kier alpha value is -0.430. The molecule has 58 valence electrons. The van der Waals surface area contributed by atoms with Crippen LogP contribution in [-0.4, -0.2) is 24.8 Å². The van der Waals surface area contributed by atoms with Crippen LogP contribution in [0.15, 0.2) is 0 Å². The van der Waals surface area contributed by atoms with Gasteiger partial charge in [-0.25, -0.2) is 0 Å². The molecular formula is C6H11O3P. The van der Waals surface area contributed by atoms with Crippen molar-refractivity contribution >= 4 is 20.1 Å². The van der Waals surface area contributed by atoms with Crippen LogP contribution in [0.4, 0.5) is 0 Å². The van der Waals surface area contributed by atoms with E-state index in [0.29, 0.717) is 6.42 Å². The first kappa shape index (κ1) is 9.57. The van der Waals surface area contributed by atoms with Gasteiger partial charge in [0.1, 0.15) is 0 Å². The molecule has 0 aromatic carbocycles. The number of ether oxygens (including phenoxy) is 1. The van der Waals surface area contributed by atoms with Crippen LogP contribution in [0, 0.1) is 0 Å². The molecule has 0 aliphatic rings. The highest BCUT2D eigenvalue weighted by Crippen LogP contribution is 2.12. The fourth-order valence-corrected chi connectivity index (χ4v) is 1.10. The number of carbonyl (C=O) groups excluding carboxylic acids is 2. The third kappa shape index (κ3) is 4.45. The first-order valence-electron chi connectivity index (χ1n) is 3.04. The molecule has 0 aliphatic carbocycles. The number of esters is 1. The molecule has 0 spiro atoms. The zero-order chi connectivity index (χ0) is 7.98. The Labute approximate surface area is 61.9 Å². The van der Waals surface area contributed by atoms with Gasteiger partial charge in [-0.05, 0) is 8.58 Å². The molecule has 0 heterocycles. The second-order valence-corrected chi connectivity index (χ2v) is 2.97. The maximum Gasteiger partial charge on any atom is 0.310 e. The van der Waals surface area contributed by atoms with Gasteiger partial charge in [-0.3, -0.25) is 9.59 Å². The average Bonchev–Trinajstić information content (AvgIpc) is 1.99. The number of carbonyl (C=O) groups is 2. The van der Waals surface area contributed by atoms with E-state index in [9.17, 15) is 9.59 Å². The van der Waals surface area contributed by atoms with Crippen LogP contribution in [0.1, 0.15) is 13.3 Å². The Morgan fingerprint density at radius 2 is 2.10 bits per heavy atom. The highest BCUT2D eigenvalue weighted by atomic mass is 31.1. The first-order chi connectivity index (χ1) is 4.70. The van der Waals surface area contributed by atoms with Crippen LogP contribution in [0.5, 0.6) is 0 Å². The molecule has 0 fully saturated rings.